The van der Waals surface area contributed by atoms with E-state index in [1.807, 2.05) is 0 Å². The van der Waals surface area contributed by atoms with Crippen molar-refractivity contribution in [3.63, 3.8) is 0 Å². The molecule has 1 aromatic heterocycles. The summed E-state index contributed by atoms with van der Waals surface area (Å²) >= 11 is 1.05. The molecule has 0 saturated carbocycles. The summed E-state index contributed by atoms with van der Waals surface area (Å²) < 4.78 is 23.1. The fourth-order valence-corrected chi connectivity index (χ4v) is 4.57. The lowest BCUT2D eigenvalue weighted by Gasteiger charge is -2.05. The molecule has 1 saturated heterocycles. The van der Waals surface area contributed by atoms with Crippen LogP contribution in [0.15, 0.2) is 6.20 Å². The lowest BCUT2D eigenvalue weighted by atomic mass is 10.2. The zero-order valence-electron chi connectivity index (χ0n) is 8.42. The number of carboxylic acids is 1. The van der Waals surface area contributed by atoms with E-state index in [1.165, 1.54) is 6.20 Å². The molecule has 7 heteroatoms. The summed E-state index contributed by atoms with van der Waals surface area (Å²) in [5.74, 6) is -0.771. The monoisotopic (exact) mass is 261 g/mol. The second-order valence-electron chi connectivity index (χ2n) is 3.76. The number of sulfone groups is 1. The first-order valence-corrected chi connectivity index (χ1v) is 7.42. The average molecular weight is 261 g/mol. The van der Waals surface area contributed by atoms with Crippen molar-refractivity contribution < 1.29 is 18.3 Å². The highest BCUT2D eigenvalue weighted by Crippen LogP contribution is 2.25. The molecule has 1 aliphatic heterocycles. The van der Waals surface area contributed by atoms with Crippen molar-refractivity contribution in [1.29, 1.82) is 0 Å². The normalized spacial score (nSPS) is 23.4. The maximum absolute atomic E-state index is 11.6. The van der Waals surface area contributed by atoms with Crippen LogP contribution >= 0.6 is 11.3 Å². The number of thiazole rings is 1. The van der Waals surface area contributed by atoms with Gasteiger partial charge in [0, 0.05) is 6.42 Å². The number of aromatic carboxylic acids is 1. The third-order valence-corrected chi connectivity index (χ3v) is 5.91. The van der Waals surface area contributed by atoms with Crippen molar-refractivity contribution in [2.24, 2.45) is 0 Å². The van der Waals surface area contributed by atoms with Gasteiger partial charge in [0.25, 0.3) is 0 Å². The molecule has 1 fully saturated rings. The Balaban J connectivity index is 2.12. The van der Waals surface area contributed by atoms with Gasteiger partial charge in [-0.15, -0.1) is 11.3 Å². The fraction of sp³-hybridized carbons (Fsp3) is 0.556. The molecule has 1 N–H and O–H groups in total. The van der Waals surface area contributed by atoms with Crippen molar-refractivity contribution in [3.8, 4) is 0 Å². The summed E-state index contributed by atoms with van der Waals surface area (Å²) in [6, 6.07) is 0. The van der Waals surface area contributed by atoms with Gasteiger partial charge in [-0.05, 0) is 12.8 Å². The molecule has 0 aliphatic carbocycles. The second kappa shape index (κ2) is 4.14. The molecule has 2 heterocycles. The zero-order valence-corrected chi connectivity index (χ0v) is 10.1. The first kappa shape index (κ1) is 11.5. The van der Waals surface area contributed by atoms with Crippen LogP contribution in [-0.4, -0.2) is 35.5 Å². The van der Waals surface area contributed by atoms with E-state index in [4.69, 9.17) is 5.11 Å². The van der Waals surface area contributed by atoms with Gasteiger partial charge in [-0.2, -0.15) is 0 Å². The Morgan fingerprint density at radius 1 is 1.62 bits per heavy atom. The highest BCUT2D eigenvalue weighted by atomic mass is 32.2. The lowest BCUT2D eigenvalue weighted by Crippen LogP contribution is -2.18. The van der Waals surface area contributed by atoms with E-state index in [1.54, 1.807) is 0 Å². The number of carboxylic acid groups (broad SMARTS) is 1. The Kier molecular flexibility index (Phi) is 2.98. The van der Waals surface area contributed by atoms with Crippen molar-refractivity contribution in [3.05, 3.63) is 16.1 Å². The number of hydrogen-bond donors (Lipinski definition) is 1. The van der Waals surface area contributed by atoms with E-state index in [0.717, 1.165) is 11.3 Å². The van der Waals surface area contributed by atoms with E-state index >= 15 is 0 Å². The standard InChI is InChI=1S/C9H11NO4S2/c11-9(12)7-5-10-8(15-7)4-6-2-1-3-16(6,13)14/h5-6H,1-4H2,(H,11,12). The zero-order chi connectivity index (χ0) is 11.8. The SMILES string of the molecule is O=C(O)c1cnc(CC2CCCS2(=O)=O)s1. The van der Waals surface area contributed by atoms with Gasteiger partial charge in [0.05, 0.1) is 22.2 Å². The fourth-order valence-electron chi connectivity index (χ4n) is 1.79. The summed E-state index contributed by atoms with van der Waals surface area (Å²) in [6.45, 7) is 0. The molecule has 5 nitrogen and oxygen atoms in total. The molecular formula is C9H11NO4S2. The molecule has 0 spiro atoms. The largest absolute Gasteiger partial charge is 0.477 e. The van der Waals surface area contributed by atoms with E-state index in [-0.39, 0.29) is 15.9 Å². The predicted octanol–water partition coefficient (Wildman–Crippen LogP) is 0.961. The van der Waals surface area contributed by atoms with Crippen LogP contribution in [0.1, 0.15) is 27.5 Å². The van der Waals surface area contributed by atoms with E-state index in [2.05, 4.69) is 4.98 Å². The van der Waals surface area contributed by atoms with E-state index in [9.17, 15) is 13.2 Å². The minimum Gasteiger partial charge on any atom is -0.477 e. The van der Waals surface area contributed by atoms with E-state index < -0.39 is 15.8 Å². The number of aromatic nitrogens is 1. The minimum absolute atomic E-state index is 0.158. The smallest absolute Gasteiger partial charge is 0.347 e. The minimum atomic E-state index is -2.98. The predicted molar refractivity (Wildman–Crippen MR) is 59.6 cm³/mol. The van der Waals surface area contributed by atoms with Gasteiger partial charge in [0.2, 0.25) is 0 Å². The highest BCUT2D eigenvalue weighted by molar-refractivity contribution is 7.92. The van der Waals surface area contributed by atoms with Crippen LogP contribution in [0.4, 0.5) is 0 Å². The van der Waals surface area contributed by atoms with E-state index in [0.29, 0.717) is 24.3 Å². The summed E-state index contributed by atoms with van der Waals surface area (Å²) in [5.41, 5.74) is 0. The van der Waals surface area contributed by atoms with Crippen LogP contribution in [0.5, 0.6) is 0 Å². The van der Waals surface area contributed by atoms with Crippen molar-refractivity contribution in [2.45, 2.75) is 24.5 Å². The van der Waals surface area contributed by atoms with Gasteiger partial charge < -0.3 is 5.11 Å². The Labute approximate surface area is 97.1 Å². The van der Waals surface area contributed by atoms with Gasteiger partial charge in [0.15, 0.2) is 9.84 Å². The Bertz CT molecular complexity index is 505. The maximum Gasteiger partial charge on any atom is 0.347 e. The molecule has 0 radical (unpaired) electrons. The Morgan fingerprint density at radius 2 is 2.38 bits per heavy atom. The Hall–Kier alpha value is -0.950. The second-order valence-corrected chi connectivity index (χ2v) is 7.27. The van der Waals surface area contributed by atoms with Crippen LogP contribution in [0, 0.1) is 0 Å². The molecule has 1 aliphatic rings. The lowest BCUT2D eigenvalue weighted by molar-refractivity contribution is 0.0702. The highest BCUT2D eigenvalue weighted by Gasteiger charge is 2.32. The summed E-state index contributed by atoms with van der Waals surface area (Å²) in [5, 5.41) is 8.93. The van der Waals surface area contributed by atoms with Gasteiger partial charge in [0.1, 0.15) is 4.88 Å². The number of nitrogens with zero attached hydrogens (tertiary/aromatic N) is 1. The maximum atomic E-state index is 11.6. The Morgan fingerprint density at radius 3 is 2.88 bits per heavy atom. The topological polar surface area (TPSA) is 84.3 Å². The third kappa shape index (κ3) is 2.25. The molecular weight excluding hydrogens is 250 g/mol. The molecule has 16 heavy (non-hydrogen) atoms. The molecule has 1 aromatic rings. The molecule has 0 bridgehead atoms. The van der Waals surface area contributed by atoms with Crippen LogP contribution in [-0.2, 0) is 16.3 Å². The first-order valence-electron chi connectivity index (χ1n) is 4.88. The van der Waals surface area contributed by atoms with Crippen LogP contribution < -0.4 is 0 Å². The molecule has 2 rings (SSSR count). The number of carbonyl (C=O) groups is 1. The molecule has 0 amide bonds. The van der Waals surface area contributed by atoms with Crippen molar-refractivity contribution >= 4 is 27.1 Å². The third-order valence-electron chi connectivity index (χ3n) is 2.63. The van der Waals surface area contributed by atoms with Gasteiger partial charge in [-0.3, -0.25) is 0 Å². The first-order chi connectivity index (χ1) is 7.49. The number of hydrogen-bond acceptors (Lipinski definition) is 5. The van der Waals surface area contributed by atoms with Crippen LogP contribution in [0.25, 0.3) is 0 Å². The van der Waals surface area contributed by atoms with Crippen LogP contribution in [0.2, 0.25) is 0 Å². The van der Waals surface area contributed by atoms with Crippen molar-refractivity contribution in [2.75, 3.05) is 5.75 Å². The molecule has 88 valence electrons. The van der Waals surface area contributed by atoms with Crippen molar-refractivity contribution in [1.82, 2.24) is 4.98 Å². The quantitative estimate of drug-likeness (QED) is 0.876. The van der Waals surface area contributed by atoms with Gasteiger partial charge in [-0.25, -0.2) is 18.2 Å². The average Bonchev–Trinajstić information content (AvgIpc) is 2.75. The molecule has 1 atom stereocenters. The summed E-state index contributed by atoms with van der Waals surface area (Å²) in [6.07, 6.45) is 2.98. The molecule has 1 unspecified atom stereocenters. The van der Waals surface area contributed by atoms with Gasteiger partial charge in [-0.1, -0.05) is 0 Å². The summed E-state index contributed by atoms with van der Waals surface area (Å²) in [7, 11) is -2.98. The van der Waals surface area contributed by atoms with Gasteiger partial charge >= 0.3 is 5.97 Å². The summed E-state index contributed by atoms with van der Waals surface area (Å²) in [4.78, 5) is 14.7. The molecule has 0 aromatic carbocycles. The number of rotatable bonds is 3. The van der Waals surface area contributed by atoms with Crippen LogP contribution in [0.3, 0.4) is 0 Å².